The average Bonchev–Trinajstić information content (AvgIpc) is 2.83. The standard InChI is InChI=1S/C25H39N5O6S/c1-15(2)13-20(24(34)29-19(25(35)36)11-12-37-3)30-23(33)18(9-10-21(27)31)28-22(32)17(26)14-16-7-5-4-6-8-16/h4-8,15,17-20H,9-14,26H2,1-3H3,(H2,27,31)(H,28,32)(H,29,34)(H,30,33)(H,35,36). The average molecular weight is 538 g/mol. The molecule has 0 aliphatic heterocycles. The van der Waals surface area contributed by atoms with E-state index in [9.17, 15) is 29.1 Å². The minimum Gasteiger partial charge on any atom is -0.480 e. The third-order valence-electron chi connectivity index (χ3n) is 5.51. The zero-order valence-corrected chi connectivity index (χ0v) is 22.4. The molecule has 4 atom stereocenters. The van der Waals surface area contributed by atoms with E-state index in [4.69, 9.17) is 11.5 Å². The highest BCUT2D eigenvalue weighted by molar-refractivity contribution is 7.98. The Hall–Kier alpha value is -3.12. The predicted molar refractivity (Wildman–Crippen MR) is 142 cm³/mol. The van der Waals surface area contributed by atoms with Gasteiger partial charge in [-0.25, -0.2) is 4.79 Å². The Kier molecular flexibility index (Phi) is 14.3. The number of carbonyl (C=O) groups excluding carboxylic acids is 4. The molecule has 0 radical (unpaired) electrons. The van der Waals surface area contributed by atoms with Crippen molar-refractivity contribution in [3.05, 3.63) is 35.9 Å². The lowest BCUT2D eigenvalue weighted by molar-refractivity contribution is -0.142. The van der Waals surface area contributed by atoms with Crippen molar-refractivity contribution in [3.63, 3.8) is 0 Å². The zero-order chi connectivity index (χ0) is 28.0. The van der Waals surface area contributed by atoms with Crippen LogP contribution in [0.1, 0.15) is 45.1 Å². The molecule has 206 valence electrons. The first kappa shape index (κ1) is 31.9. The predicted octanol–water partition coefficient (Wildman–Crippen LogP) is 0.160. The number of hydrogen-bond acceptors (Lipinski definition) is 7. The summed E-state index contributed by atoms with van der Waals surface area (Å²) in [6.07, 6.45) is 2.25. The van der Waals surface area contributed by atoms with Crippen molar-refractivity contribution >= 4 is 41.4 Å². The van der Waals surface area contributed by atoms with Crippen molar-refractivity contribution in [2.45, 2.75) is 70.1 Å². The van der Waals surface area contributed by atoms with Crippen molar-refractivity contribution in [2.75, 3.05) is 12.0 Å². The molecule has 0 aliphatic rings. The maximum absolute atomic E-state index is 13.1. The highest BCUT2D eigenvalue weighted by Crippen LogP contribution is 2.09. The Balaban J connectivity index is 2.97. The highest BCUT2D eigenvalue weighted by atomic mass is 32.2. The number of amides is 4. The van der Waals surface area contributed by atoms with Crippen molar-refractivity contribution in [1.29, 1.82) is 0 Å². The van der Waals surface area contributed by atoms with Crippen LogP contribution < -0.4 is 27.4 Å². The van der Waals surface area contributed by atoms with Crippen molar-refractivity contribution in [1.82, 2.24) is 16.0 Å². The van der Waals surface area contributed by atoms with Crippen LogP contribution in [0.4, 0.5) is 0 Å². The minimum absolute atomic E-state index is 0.0107. The second-order valence-corrected chi connectivity index (χ2v) is 10.2. The van der Waals surface area contributed by atoms with Crippen LogP contribution in [-0.4, -0.2) is 70.9 Å². The fraction of sp³-hybridized carbons (Fsp3) is 0.560. The van der Waals surface area contributed by atoms with Gasteiger partial charge in [0.1, 0.15) is 18.1 Å². The molecule has 0 spiro atoms. The smallest absolute Gasteiger partial charge is 0.326 e. The molecule has 11 nitrogen and oxygen atoms in total. The first-order chi connectivity index (χ1) is 17.4. The Morgan fingerprint density at radius 2 is 1.46 bits per heavy atom. The summed E-state index contributed by atoms with van der Waals surface area (Å²) in [6, 6.07) is 4.85. The molecule has 8 N–H and O–H groups in total. The molecule has 4 amide bonds. The molecule has 0 saturated carbocycles. The van der Waals surface area contributed by atoms with Gasteiger partial charge in [0.2, 0.25) is 23.6 Å². The van der Waals surface area contributed by atoms with E-state index in [-0.39, 0.29) is 38.0 Å². The first-order valence-electron chi connectivity index (χ1n) is 12.1. The highest BCUT2D eigenvalue weighted by Gasteiger charge is 2.30. The van der Waals surface area contributed by atoms with E-state index in [1.54, 1.807) is 0 Å². The van der Waals surface area contributed by atoms with E-state index in [1.807, 2.05) is 50.4 Å². The van der Waals surface area contributed by atoms with Crippen LogP contribution in [-0.2, 0) is 30.4 Å². The molecule has 1 rings (SSSR count). The quantitative estimate of drug-likeness (QED) is 0.162. The molecular weight excluding hydrogens is 498 g/mol. The number of carboxylic acid groups (broad SMARTS) is 1. The van der Waals surface area contributed by atoms with Crippen LogP contribution in [0.25, 0.3) is 0 Å². The van der Waals surface area contributed by atoms with Gasteiger partial charge in [-0.15, -0.1) is 0 Å². The van der Waals surface area contributed by atoms with Crippen molar-refractivity contribution < 1.29 is 29.1 Å². The Morgan fingerprint density at radius 1 is 0.892 bits per heavy atom. The van der Waals surface area contributed by atoms with Gasteiger partial charge in [0.05, 0.1) is 6.04 Å². The number of nitrogens with two attached hydrogens (primary N) is 2. The van der Waals surface area contributed by atoms with Gasteiger partial charge in [-0.1, -0.05) is 44.2 Å². The number of thioether (sulfide) groups is 1. The topological polar surface area (TPSA) is 194 Å². The normalized spacial score (nSPS) is 14.2. The van der Waals surface area contributed by atoms with E-state index in [1.165, 1.54) is 11.8 Å². The number of rotatable bonds is 17. The zero-order valence-electron chi connectivity index (χ0n) is 21.6. The molecule has 1 aromatic carbocycles. The fourth-order valence-corrected chi connectivity index (χ4v) is 4.01. The van der Waals surface area contributed by atoms with Gasteiger partial charge < -0.3 is 32.5 Å². The third-order valence-corrected chi connectivity index (χ3v) is 6.16. The number of hydrogen-bond donors (Lipinski definition) is 6. The molecule has 4 unspecified atom stereocenters. The second kappa shape index (κ2) is 16.6. The summed E-state index contributed by atoms with van der Waals surface area (Å²) in [5.41, 5.74) is 12.1. The van der Waals surface area contributed by atoms with Gasteiger partial charge >= 0.3 is 5.97 Å². The molecule has 0 saturated heterocycles. The lowest BCUT2D eigenvalue weighted by atomic mass is 10.0. The van der Waals surface area contributed by atoms with Gasteiger partial charge in [-0.05, 0) is 49.2 Å². The number of nitrogens with one attached hydrogen (secondary N) is 3. The summed E-state index contributed by atoms with van der Waals surface area (Å²) in [4.78, 5) is 61.8. The monoisotopic (exact) mass is 537 g/mol. The number of aliphatic carboxylic acids is 1. The summed E-state index contributed by atoms with van der Waals surface area (Å²) in [6.45, 7) is 3.70. The Morgan fingerprint density at radius 3 is 2.00 bits per heavy atom. The van der Waals surface area contributed by atoms with Crippen LogP contribution in [0.5, 0.6) is 0 Å². The van der Waals surface area contributed by atoms with Crippen LogP contribution in [0, 0.1) is 5.92 Å². The van der Waals surface area contributed by atoms with E-state index < -0.39 is 53.8 Å². The van der Waals surface area contributed by atoms with Crippen LogP contribution >= 0.6 is 11.8 Å². The van der Waals surface area contributed by atoms with Gasteiger partial charge in [-0.3, -0.25) is 19.2 Å². The maximum atomic E-state index is 13.1. The molecule has 0 aliphatic carbocycles. The van der Waals surface area contributed by atoms with Gasteiger partial charge in [0.15, 0.2) is 0 Å². The number of benzene rings is 1. The number of carboxylic acids is 1. The fourth-order valence-electron chi connectivity index (χ4n) is 3.54. The summed E-state index contributed by atoms with van der Waals surface area (Å²) in [7, 11) is 0. The molecular formula is C25H39N5O6S. The molecule has 0 bridgehead atoms. The van der Waals surface area contributed by atoms with Crippen LogP contribution in [0.15, 0.2) is 30.3 Å². The van der Waals surface area contributed by atoms with Gasteiger partial charge in [0.25, 0.3) is 0 Å². The second-order valence-electron chi connectivity index (χ2n) is 9.23. The molecule has 0 fully saturated rings. The summed E-state index contributed by atoms with van der Waals surface area (Å²) in [5, 5.41) is 17.1. The van der Waals surface area contributed by atoms with Gasteiger partial charge in [-0.2, -0.15) is 11.8 Å². The Bertz CT molecular complexity index is 914. The molecule has 0 aromatic heterocycles. The van der Waals surface area contributed by atoms with Gasteiger partial charge in [0, 0.05) is 6.42 Å². The van der Waals surface area contributed by atoms with Crippen molar-refractivity contribution in [3.8, 4) is 0 Å². The molecule has 12 heteroatoms. The van der Waals surface area contributed by atoms with Crippen LogP contribution in [0.3, 0.4) is 0 Å². The SMILES string of the molecule is CSCCC(NC(=O)C(CC(C)C)NC(=O)C(CCC(N)=O)NC(=O)C(N)Cc1ccccc1)C(=O)O. The number of primary amides is 1. The van der Waals surface area contributed by atoms with E-state index in [2.05, 4.69) is 16.0 Å². The van der Waals surface area contributed by atoms with Crippen LogP contribution in [0.2, 0.25) is 0 Å². The summed E-state index contributed by atoms with van der Waals surface area (Å²) < 4.78 is 0. The molecule has 37 heavy (non-hydrogen) atoms. The van der Waals surface area contributed by atoms with E-state index in [0.717, 1.165) is 5.56 Å². The minimum atomic E-state index is -1.17. The van der Waals surface area contributed by atoms with Crippen molar-refractivity contribution in [2.24, 2.45) is 17.4 Å². The molecule has 1 aromatic rings. The maximum Gasteiger partial charge on any atom is 0.326 e. The first-order valence-corrected chi connectivity index (χ1v) is 13.5. The summed E-state index contributed by atoms with van der Waals surface area (Å²) in [5.74, 6) is -3.24. The largest absolute Gasteiger partial charge is 0.480 e. The lowest BCUT2D eigenvalue weighted by Gasteiger charge is -2.26. The number of carbonyl (C=O) groups is 5. The van der Waals surface area contributed by atoms with E-state index >= 15 is 0 Å². The van der Waals surface area contributed by atoms with E-state index in [0.29, 0.717) is 5.75 Å². The summed E-state index contributed by atoms with van der Waals surface area (Å²) >= 11 is 1.45. The lowest BCUT2D eigenvalue weighted by Crippen LogP contribution is -2.57. The molecule has 0 heterocycles. The third kappa shape index (κ3) is 12.6. The Labute approximate surface area is 221 Å².